The van der Waals surface area contributed by atoms with E-state index >= 15 is 0 Å². The Balaban J connectivity index is 2.04. The molecule has 1 aromatic carbocycles. The monoisotopic (exact) mass is 251 g/mol. The number of aliphatic hydroxyl groups excluding tert-OH is 1. The number of rotatable bonds is 7. The van der Waals surface area contributed by atoms with E-state index in [1.807, 2.05) is 30.3 Å². The van der Waals surface area contributed by atoms with E-state index in [1.54, 1.807) is 6.92 Å². The number of unbranched alkanes of at least 4 members (excludes halogenated alkanes) is 1. The molecular formula is C14H21NO3. The van der Waals surface area contributed by atoms with Gasteiger partial charge in [0.05, 0.1) is 6.10 Å². The normalized spacial score (nSPS) is 11.9. The van der Waals surface area contributed by atoms with Gasteiger partial charge >= 0.3 is 6.09 Å². The summed E-state index contributed by atoms with van der Waals surface area (Å²) in [5.74, 6) is 0. The lowest BCUT2D eigenvalue weighted by Crippen LogP contribution is -2.25. The fraction of sp³-hybridized carbons (Fsp3) is 0.500. The SMILES string of the molecule is C[C@H](O)CCCCNC(=O)OCc1ccccc1. The van der Waals surface area contributed by atoms with Crippen LogP contribution in [0.25, 0.3) is 0 Å². The van der Waals surface area contributed by atoms with Gasteiger partial charge in [0.15, 0.2) is 0 Å². The van der Waals surface area contributed by atoms with Crippen LogP contribution in [0.5, 0.6) is 0 Å². The van der Waals surface area contributed by atoms with Crippen molar-refractivity contribution in [1.82, 2.24) is 5.32 Å². The van der Waals surface area contributed by atoms with Gasteiger partial charge in [-0.05, 0) is 31.7 Å². The topological polar surface area (TPSA) is 58.6 Å². The van der Waals surface area contributed by atoms with Crippen LogP contribution < -0.4 is 5.32 Å². The van der Waals surface area contributed by atoms with Gasteiger partial charge in [0, 0.05) is 6.54 Å². The number of nitrogens with one attached hydrogen (secondary N) is 1. The number of amides is 1. The van der Waals surface area contributed by atoms with Crippen molar-refractivity contribution in [1.29, 1.82) is 0 Å². The van der Waals surface area contributed by atoms with Crippen LogP contribution >= 0.6 is 0 Å². The average molecular weight is 251 g/mol. The molecule has 0 radical (unpaired) electrons. The van der Waals surface area contributed by atoms with Gasteiger partial charge in [-0.25, -0.2) is 4.79 Å². The third kappa shape index (κ3) is 6.91. The van der Waals surface area contributed by atoms with Gasteiger partial charge in [0.2, 0.25) is 0 Å². The van der Waals surface area contributed by atoms with Gasteiger partial charge < -0.3 is 15.2 Å². The maximum Gasteiger partial charge on any atom is 0.407 e. The summed E-state index contributed by atoms with van der Waals surface area (Å²) in [6, 6.07) is 9.57. The Hall–Kier alpha value is -1.55. The highest BCUT2D eigenvalue weighted by atomic mass is 16.5. The Morgan fingerprint density at radius 1 is 1.33 bits per heavy atom. The Morgan fingerprint density at radius 3 is 2.72 bits per heavy atom. The van der Waals surface area contributed by atoms with Crippen molar-refractivity contribution in [2.75, 3.05) is 6.54 Å². The highest BCUT2D eigenvalue weighted by Gasteiger charge is 2.02. The second kappa shape index (κ2) is 8.53. The predicted octanol–water partition coefficient (Wildman–Crippen LogP) is 2.46. The zero-order chi connectivity index (χ0) is 13.2. The summed E-state index contributed by atoms with van der Waals surface area (Å²) in [4.78, 5) is 11.3. The molecule has 0 aliphatic carbocycles. The molecule has 0 saturated carbocycles. The molecule has 1 rings (SSSR count). The van der Waals surface area contributed by atoms with Gasteiger partial charge in [-0.3, -0.25) is 0 Å². The van der Waals surface area contributed by atoms with E-state index in [-0.39, 0.29) is 6.10 Å². The van der Waals surface area contributed by atoms with Crippen LogP contribution in [-0.2, 0) is 11.3 Å². The van der Waals surface area contributed by atoms with Gasteiger partial charge in [-0.15, -0.1) is 0 Å². The lowest BCUT2D eigenvalue weighted by atomic mass is 10.2. The molecule has 0 saturated heterocycles. The van der Waals surface area contributed by atoms with E-state index in [4.69, 9.17) is 9.84 Å². The number of carbonyl (C=O) groups is 1. The van der Waals surface area contributed by atoms with Crippen molar-refractivity contribution in [2.45, 2.75) is 38.9 Å². The van der Waals surface area contributed by atoms with Gasteiger partial charge in [0.1, 0.15) is 6.61 Å². The molecule has 0 bridgehead atoms. The summed E-state index contributed by atoms with van der Waals surface area (Å²) >= 11 is 0. The first-order chi connectivity index (χ1) is 8.68. The van der Waals surface area contributed by atoms with Crippen molar-refractivity contribution in [3.8, 4) is 0 Å². The molecule has 1 amide bonds. The quantitative estimate of drug-likeness (QED) is 0.732. The van der Waals surface area contributed by atoms with Gasteiger partial charge in [-0.2, -0.15) is 0 Å². The Kier molecular flexibility index (Phi) is 6.87. The van der Waals surface area contributed by atoms with Crippen LogP contribution in [0.2, 0.25) is 0 Å². The van der Waals surface area contributed by atoms with Crippen LogP contribution in [-0.4, -0.2) is 23.8 Å². The maximum absolute atomic E-state index is 11.3. The lowest BCUT2D eigenvalue weighted by Gasteiger charge is -2.07. The fourth-order valence-corrected chi connectivity index (χ4v) is 1.53. The molecule has 2 N–H and O–H groups in total. The molecular weight excluding hydrogens is 230 g/mol. The molecule has 4 heteroatoms. The minimum atomic E-state index is -0.393. The number of alkyl carbamates (subject to hydrolysis) is 1. The highest BCUT2D eigenvalue weighted by molar-refractivity contribution is 5.67. The largest absolute Gasteiger partial charge is 0.445 e. The second-order valence-corrected chi connectivity index (χ2v) is 4.33. The predicted molar refractivity (Wildman–Crippen MR) is 70.2 cm³/mol. The summed E-state index contributed by atoms with van der Waals surface area (Å²) in [5, 5.41) is 11.7. The molecule has 1 atom stereocenters. The molecule has 0 unspecified atom stereocenters. The standard InChI is InChI=1S/C14H21NO3/c1-12(16)7-5-6-10-15-14(17)18-11-13-8-3-2-4-9-13/h2-4,8-9,12,16H,5-7,10-11H2,1H3,(H,15,17)/t12-/m0/s1. The number of aliphatic hydroxyl groups is 1. The maximum atomic E-state index is 11.3. The van der Waals surface area contributed by atoms with Crippen molar-refractivity contribution >= 4 is 6.09 Å². The van der Waals surface area contributed by atoms with Gasteiger partial charge in [0.25, 0.3) is 0 Å². The highest BCUT2D eigenvalue weighted by Crippen LogP contribution is 2.01. The van der Waals surface area contributed by atoms with Crippen LogP contribution in [0.3, 0.4) is 0 Å². The Bertz CT molecular complexity index is 338. The van der Waals surface area contributed by atoms with Crippen molar-refractivity contribution in [3.63, 3.8) is 0 Å². The summed E-state index contributed by atoms with van der Waals surface area (Å²) in [6.07, 6.45) is 1.86. The molecule has 0 fully saturated rings. The lowest BCUT2D eigenvalue weighted by molar-refractivity contribution is 0.139. The van der Waals surface area contributed by atoms with E-state index in [0.717, 1.165) is 24.8 Å². The molecule has 0 spiro atoms. The first-order valence-corrected chi connectivity index (χ1v) is 6.31. The summed E-state index contributed by atoms with van der Waals surface area (Å²) in [5.41, 5.74) is 0.974. The van der Waals surface area contributed by atoms with Crippen LogP contribution in [0.15, 0.2) is 30.3 Å². The first-order valence-electron chi connectivity index (χ1n) is 6.31. The third-order valence-corrected chi connectivity index (χ3v) is 2.53. The first kappa shape index (κ1) is 14.5. The smallest absolute Gasteiger partial charge is 0.407 e. The van der Waals surface area contributed by atoms with E-state index in [0.29, 0.717) is 13.2 Å². The Morgan fingerprint density at radius 2 is 2.06 bits per heavy atom. The van der Waals surface area contributed by atoms with Crippen molar-refractivity contribution in [2.24, 2.45) is 0 Å². The third-order valence-electron chi connectivity index (χ3n) is 2.53. The van der Waals surface area contributed by atoms with Crippen LogP contribution in [0.1, 0.15) is 31.7 Å². The fourth-order valence-electron chi connectivity index (χ4n) is 1.53. The zero-order valence-electron chi connectivity index (χ0n) is 10.8. The molecule has 18 heavy (non-hydrogen) atoms. The number of benzene rings is 1. The zero-order valence-corrected chi connectivity index (χ0v) is 10.8. The molecule has 0 aliphatic rings. The minimum Gasteiger partial charge on any atom is -0.445 e. The molecule has 0 heterocycles. The van der Waals surface area contributed by atoms with E-state index in [9.17, 15) is 4.79 Å². The average Bonchev–Trinajstić information content (AvgIpc) is 2.37. The molecule has 0 aromatic heterocycles. The number of ether oxygens (including phenoxy) is 1. The molecule has 0 aliphatic heterocycles. The summed E-state index contributed by atoms with van der Waals surface area (Å²) < 4.78 is 5.06. The molecule has 1 aromatic rings. The minimum absolute atomic E-state index is 0.268. The van der Waals surface area contributed by atoms with Crippen molar-refractivity contribution in [3.05, 3.63) is 35.9 Å². The van der Waals surface area contributed by atoms with E-state index < -0.39 is 6.09 Å². The summed E-state index contributed by atoms with van der Waals surface area (Å²) in [6.45, 7) is 2.64. The van der Waals surface area contributed by atoms with E-state index in [2.05, 4.69) is 5.32 Å². The van der Waals surface area contributed by atoms with E-state index in [1.165, 1.54) is 0 Å². The molecule has 4 nitrogen and oxygen atoms in total. The number of hydrogen-bond donors (Lipinski definition) is 2. The van der Waals surface area contributed by atoms with Crippen LogP contribution in [0, 0.1) is 0 Å². The van der Waals surface area contributed by atoms with Crippen molar-refractivity contribution < 1.29 is 14.6 Å². The number of hydrogen-bond acceptors (Lipinski definition) is 3. The Labute approximate surface area is 108 Å². The van der Waals surface area contributed by atoms with Crippen LogP contribution in [0.4, 0.5) is 4.79 Å². The molecule has 100 valence electrons. The number of carbonyl (C=O) groups excluding carboxylic acids is 1. The van der Waals surface area contributed by atoms with Gasteiger partial charge in [-0.1, -0.05) is 30.3 Å². The second-order valence-electron chi connectivity index (χ2n) is 4.33. The summed E-state index contributed by atoms with van der Waals surface area (Å²) in [7, 11) is 0.